The van der Waals surface area contributed by atoms with Crippen molar-refractivity contribution in [2.75, 3.05) is 0 Å². The average molecular weight is 264 g/mol. The molecule has 0 amide bonds. The van der Waals surface area contributed by atoms with Crippen LogP contribution < -0.4 is 4.74 Å². The topological polar surface area (TPSA) is 59.4 Å². The molecule has 2 rings (SSSR count). The van der Waals surface area contributed by atoms with E-state index in [1.54, 1.807) is 18.2 Å². The molecule has 0 atom stereocenters. The zero-order valence-corrected chi connectivity index (χ0v) is 10.3. The monoisotopic (exact) mass is 263 g/mol. The van der Waals surface area contributed by atoms with E-state index >= 15 is 0 Å². The van der Waals surface area contributed by atoms with Crippen molar-refractivity contribution < 1.29 is 14.6 Å². The summed E-state index contributed by atoms with van der Waals surface area (Å²) in [6.45, 7) is 1.85. The van der Waals surface area contributed by atoms with Crippen LogP contribution in [0.4, 0.5) is 0 Å². The molecular formula is C13H10ClNO3. The lowest BCUT2D eigenvalue weighted by Crippen LogP contribution is -2.00. The molecule has 1 heterocycles. The van der Waals surface area contributed by atoms with Crippen molar-refractivity contribution in [3.05, 3.63) is 52.8 Å². The maximum absolute atomic E-state index is 11.0. The van der Waals surface area contributed by atoms with Crippen LogP contribution >= 0.6 is 11.6 Å². The Kier molecular flexibility index (Phi) is 3.48. The Hall–Kier alpha value is -2.07. The van der Waals surface area contributed by atoms with Gasteiger partial charge in [-0.15, -0.1) is 0 Å². The lowest BCUT2D eigenvalue weighted by molar-refractivity contribution is 0.0694. The van der Waals surface area contributed by atoms with Crippen molar-refractivity contribution in [1.29, 1.82) is 0 Å². The van der Waals surface area contributed by atoms with E-state index in [-0.39, 0.29) is 11.3 Å². The van der Waals surface area contributed by atoms with E-state index < -0.39 is 5.97 Å². The predicted molar refractivity (Wildman–Crippen MR) is 67.5 cm³/mol. The lowest BCUT2D eigenvalue weighted by atomic mass is 10.2. The highest BCUT2D eigenvalue weighted by molar-refractivity contribution is 6.30. The van der Waals surface area contributed by atoms with Crippen LogP contribution in [-0.4, -0.2) is 16.1 Å². The summed E-state index contributed by atoms with van der Waals surface area (Å²) < 4.78 is 5.55. The highest BCUT2D eigenvalue weighted by atomic mass is 35.5. The SMILES string of the molecule is Cc1ccc(Cl)cc1Oc1cnccc1C(=O)O. The Morgan fingerprint density at radius 3 is 2.83 bits per heavy atom. The summed E-state index contributed by atoms with van der Waals surface area (Å²) in [7, 11) is 0. The fourth-order valence-electron chi connectivity index (χ4n) is 1.44. The molecule has 1 N–H and O–H groups in total. The first-order chi connectivity index (χ1) is 8.58. The number of carboxylic acid groups (broad SMARTS) is 1. The van der Waals surface area contributed by atoms with Gasteiger partial charge in [-0.3, -0.25) is 4.98 Å². The average Bonchev–Trinajstić information content (AvgIpc) is 2.34. The van der Waals surface area contributed by atoms with E-state index in [1.807, 2.05) is 6.92 Å². The van der Waals surface area contributed by atoms with E-state index in [4.69, 9.17) is 21.4 Å². The van der Waals surface area contributed by atoms with Gasteiger partial charge in [0.1, 0.15) is 11.3 Å². The van der Waals surface area contributed by atoms with Gasteiger partial charge in [0.2, 0.25) is 0 Å². The van der Waals surface area contributed by atoms with E-state index in [0.29, 0.717) is 10.8 Å². The Labute approximate surface area is 109 Å². The number of pyridine rings is 1. The van der Waals surface area contributed by atoms with E-state index in [9.17, 15) is 4.79 Å². The molecule has 1 aromatic carbocycles. The zero-order valence-electron chi connectivity index (χ0n) is 9.55. The number of aromatic nitrogens is 1. The second kappa shape index (κ2) is 5.06. The minimum Gasteiger partial charge on any atom is -0.478 e. The number of ether oxygens (including phenoxy) is 1. The molecule has 0 radical (unpaired) electrons. The van der Waals surface area contributed by atoms with Crippen LogP contribution in [0.3, 0.4) is 0 Å². The first-order valence-electron chi connectivity index (χ1n) is 5.19. The van der Waals surface area contributed by atoms with Crippen LogP contribution in [0, 0.1) is 6.92 Å². The van der Waals surface area contributed by atoms with Gasteiger partial charge in [0.25, 0.3) is 0 Å². The van der Waals surface area contributed by atoms with Gasteiger partial charge in [-0.05, 0) is 30.7 Å². The molecule has 0 aliphatic heterocycles. The van der Waals surface area contributed by atoms with E-state index in [0.717, 1.165) is 5.56 Å². The van der Waals surface area contributed by atoms with Gasteiger partial charge in [-0.1, -0.05) is 17.7 Å². The van der Waals surface area contributed by atoms with Gasteiger partial charge >= 0.3 is 5.97 Å². The molecule has 0 aliphatic carbocycles. The molecule has 0 bridgehead atoms. The molecule has 1 aromatic heterocycles. The molecule has 2 aromatic rings. The van der Waals surface area contributed by atoms with Crippen LogP contribution in [0.5, 0.6) is 11.5 Å². The number of hydrogen-bond acceptors (Lipinski definition) is 3. The summed E-state index contributed by atoms with van der Waals surface area (Å²) in [6.07, 6.45) is 2.77. The molecule has 92 valence electrons. The smallest absolute Gasteiger partial charge is 0.339 e. The van der Waals surface area contributed by atoms with Gasteiger partial charge in [-0.25, -0.2) is 4.79 Å². The van der Waals surface area contributed by atoms with Crippen molar-refractivity contribution in [1.82, 2.24) is 4.98 Å². The molecule has 0 aliphatic rings. The number of halogens is 1. The largest absolute Gasteiger partial charge is 0.478 e. The van der Waals surface area contributed by atoms with Crippen LogP contribution in [0.2, 0.25) is 5.02 Å². The maximum Gasteiger partial charge on any atom is 0.339 e. The Morgan fingerprint density at radius 2 is 2.11 bits per heavy atom. The Morgan fingerprint density at radius 1 is 1.33 bits per heavy atom. The third-order valence-corrected chi connectivity index (χ3v) is 2.62. The minimum atomic E-state index is -1.06. The van der Waals surface area contributed by atoms with Gasteiger partial charge in [0.15, 0.2) is 5.75 Å². The summed E-state index contributed by atoms with van der Waals surface area (Å²) in [4.78, 5) is 14.9. The number of aromatic carboxylic acids is 1. The molecule has 4 nitrogen and oxygen atoms in total. The normalized spacial score (nSPS) is 10.1. The predicted octanol–water partition coefficient (Wildman–Crippen LogP) is 3.53. The Balaban J connectivity index is 2.40. The summed E-state index contributed by atoms with van der Waals surface area (Å²) in [5, 5.41) is 9.56. The fourth-order valence-corrected chi connectivity index (χ4v) is 1.60. The quantitative estimate of drug-likeness (QED) is 0.920. The third kappa shape index (κ3) is 2.60. The van der Waals surface area contributed by atoms with E-state index in [2.05, 4.69) is 4.98 Å². The second-order valence-corrected chi connectivity index (χ2v) is 4.13. The number of benzene rings is 1. The van der Waals surface area contributed by atoms with Crippen molar-refractivity contribution >= 4 is 17.6 Å². The number of aryl methyl sites for hydroxylation is 1. The minimum absolute atomic E-state index is 0.0596. The number of carboxylic acids is 1. The van der Waals surface area contributed by atoms with Crippen molar-refractivity contribution in [2.45, 2.75) is 6.92 Å². The zero-order chi connectivity index (χ0) is 13.1. The summed E-state index contributed by atoms with van der Waals surface area (Å²) in [5.41, 5.74) is 0.920. The summed E-state index contributed by atoms with van der Waals surface area (Å²) in [6, 6.07) is 6.56. The molecule has 0 fully saturated rings. The maximum atomic E-state index is 11.0. The van der Waals surface area contributed by atoms with Crippen LogP contribution in [0.15, 0.2) is 36.7 Å². The molecule has 5 heteroatoms. The van der Waals surface area contributed by atoms with Gasteiger partial charge < -0.3 is 9.84 Å². The number of nitrogens with zero attached hydrogens (tertiary/aromatic N) is 1. The van der Waals surface area contributed by atoms with Crippen molar-refractivity contribution in [2.24, 2.45) is 0 Å². The molecule has 0 saturated carbocycles. The molecule has 0 saturated heterocycles. The van der Waals surface area contributed by atoms with Crippen LogP contribution in [0.25, 0.3) is 0 Å². The molecule has 18 heavy (non-hydrogen) atoms. The standard InChI is InChI=1S/C13H10ClNO3/c1-8-2-3-9(14)6-11(8)18-12-7-15-5-4-10(12)13(16)17/h2-7H,1H3,(H,16,17). The van der Waals surface area contributed by atoms with Gasteiger partial charge in [-0.2, -0.15) is 0 Å². The highest BCUT2D eigenvalue weighted by Gasteiger charge is 2.12. The van der Waals surface area contributed by atoms with E-state index in [1.165, 1.54) is 18.5 Å². The highest BCUT2D eigenvalue weighted by Crippen LogP contribution is 2.29. The Bertz CT molecular complexity index is 599. The van der Waals surface area contributed by atoms with Gasteiger partial charge in [0, 0.05) is 11.2 Å². The molecule has 0 spiro atoms. The number of rotatable bonds is 3. The fraction of sp³-hybridized carbons (Fsp3) is 0.0769. The number of carbonyl (C=O) groups is 1. The third-order valence-electron chi connectivity index (χ3n) is 2.39. The first-order valence-corrected chi connectivity index (χ1v) is 5.57. The summed E-state index contributed by atoms with van der Waals surface area (Å²) >= 11 is 5.87. The summed E-state index contributed by atoms with van der Waals surface area (Å²) in [5.74, 6) is -0.361. The lowest BCUT2D eigenvalue weighted by Gasteiger charge is -2.10. The first kappa shape index (κ1) is 12.4. The molecule has 0 unspecified atom stereocenters. The van der Waals surface area contributed by atoms with Crippen molar-refractivity contribution in [3.8, 4) is 11.5 Å². The number of hydrogen-bond donors (Lipinski definition) is 1. The molecular weight excluding hydrogens is 254 g/mol. The van der Waals surface area contributed by atoms with Crippen LogP contribution in [-0.2, 0) is 0 Å². The van der Waals surface area contributed by atoms with Gasteiger partial charge in [0.05, 0.1) is 6.20 Å². The second-order valence-electron chi connectivity index (χ2n) is 3.69. The van der Waals surface area contributed by atoms with Crippen LogP contribution in [0.1, 0.15) is 15.9 Å². The van der Waals surface area contributed by atoms with Crippen molar-refractivity contribution in [3.63, 3.8) is 0 Å².